The smallest absolute Gasteiger partial charge is 0.369 e. The molecule has 0 aliphatic carbocycles. The molecule has 1 aliphatic rings. The Morgan fingerprint density at radius 2 is 1.68 bits per heavy atom. The number of hydrogen-bond acceptors (Lipinski definition) is 3. The van der Waals surface area contributed by atoms with Crippen molar-refractivity contribution in [3.63, 3.8) is 0 Å². The summed E-state index contributed by atoms with van der Waals surface area (Å²) in [5.74, 6) is -0.0313. The second kappa shape index (κ2) is 8.22. The van der Waals surface area contributed by atoms with Crippen molar-refractivity contribution in [2.45, 2.75) is 12.7 Å². The summed E-state index contributed by atoms with van der Waals surface area (Å²) in [6.07, 6.45) is -4.33. The molecule has 1 fully saturated rings. The molecule has 3 rings (SSSR count). The van der Waals surface area contributed by atoms with Crippen molar-refractivity contribution < 1.29 is 18.0 Å². The first-order valence-electron chi connectivity index (χ1n) is 9.19. The van der Waals surface area contributed by atoms with Crippen LogP contribution < -0.4 is 4.90 Å². The Labute approximate surface area is 163 Å². The molecule has 1 heterocycles. The van der Waals surface area contributed by atoms with Crippen molar-refractivity contribution in [3.05, 3.63) is 65.2 Å². The van der Waals surface area contributed by atoms with Crippen LogP contribution in [0.25, 0.3) is 0 Å². The maximum atomic E-state index is 12.9. The fraction of sp³-hybridized carbons (Fsp3) is 0.381. The average molecular weight is 391 g/mol. The van der Waals surface area contributed by atoms with Gasteiger partial charge < -0.3 is 9.80 Å². The number of halogens is 3. The number of piperazine rings is 1. The molecule has 0 bridgehead atoms. The van der Waals surface area contributed by atoms with Gasteiger partial charge in [0.05, 0.1) is 5.56 Å². The van der Waals surface area contributed by atoms with E-state index in [1.165, 1.54) is 12.1 Å². The number of amides is 1. The highest BCUT2D eigenvalue weighted by atomic mass is 19.4. The number of hydrogen-bond donors (Lipinski definition) is 0. The van der Waals surface area contributed by atoms with Crippen LogP contribution in [0.5, 0.6) is 0 Å². The highest BCUT2D eigenvalue weighted by Gasteiger charge is 2.31. The molecule has 0 saturated carbocycles. The van der Waals surface area contributed by atoms with Crippen LogP contribution in [0.2, 0.25) is 0 Å². The van der Waals surface area contributed by atoms with Gasteiger partial charge in [0.25, 0.3) is 5.91 Å². The highest BCUT2D eigenvalue weighted by Crippen LogP contribution is 2.31. The van der Waals surface area contributed by atoms with Crippen molar-refractivity contribution in [1.29, 1.82) is 0 Å². The number of benzene rings is 2. The molecule has 150 valence electrons. The molecular formula is C21H24F3N3O. The largest absolute Gasteiger partial charge is 0.416 e. The van der Waals surface area contributed by atoms with Gasteiger partial charge in [-0.3, -0.25) is 9.69 Å². The van der Waals surface area contributed by atoms with Gasteiger partial charge in [0.1, 0.15) is 0 Å². The van der Waals surface area contributed by atoms with E-state index in [1.807, 2.05) is 23.1 Å². The Hall–Kier alpha value is -2.54. The molecule has 0 spiro atoms. The Morgan fingerprint density at radius 1 is 1.00 bits per heavy atom. The third-order valence-corrected chi connectivity index (χ3v) is 4.90. The summed E-state index contributed by atoms with van der Waals surface area (Å²) >= 11 is 0. The normalized spacial score (nSPS) is 15.5. The van der Waals surface area contributed by atoms with Crippen molar-refractivity contribution in [3.8, 4) is 0 Å². The number of nitrogens with zero attached hydrogens (tertiary/aromatic N) is 3. The predicted molar refractivity (Wildman–Crippen MR) is 103 cm³/mol. The average Bonchev–Trinajstić information content (AvgIpc) is 2.67. The summed E-state index contributed by atoms with van der Waals surface area (Å²) in [6.45, 7) is 3.55. The van der Waals surface area contributed by atoms with E-state index in [2.05, 4.69) is 4.90 Å². The van der Waals surface area contributed by atoms with Crippen LogP contribution in [-0.4, -0.2) is 56.0 Å². The number of alkyl halides is 3. The predicted octanol–water partition coefficient (Wildman–Crippen LogP) is 3.73. The van der Waals surface area contributed by atoms with E-state index in [1.54, 1.807) is 31.1 Å². The van der Waals surface area contributed by atoms with E-state index in [4.69, 9.17) is 0 Å². The minimum atomic E-state index is -4.33. The minimum Gasteiger partial charge on any atom is -0.369 e. The van der Waals surface area contributed by atoms with Crippen molar-refractivity contribution in [1.82, 2.24) is 9.80 Å². The van der Waals surface area contributed by atoms with Crippen LogP contribution in [-0.2, 0) is 12.7 Å². The zero-order chi connectivity index (χ0) is 20.3. The van der Waals surface area contributed by atoms with Crippen molar-refractivity contribution in [2.24, 2.45) is 0 Å². The molecule has 0 aromatic heterocycles. The lowest BCUT2D eigenvalue weighted by Crippen LogP contribution is -2.46. The third-order valence-electron chi connectivity index (χ3n) is 4.90. The quantitative estimate of drug-likeness (QED) is 0.795. The summed E-state index contributed by atoms with van der Waals surface area (Å²) in [6, 6.07) is 13.1. The molecule has 4 nitrogen and oxygen atoms in total. The fourth-order valence-corrected chi connectivity index (χ4v) is 3.36. The van der Waals surface area contributed by atoms with Gasteiger partial charge >= 0.3 is 6.18 Å². The first-order chi connectivity index (χ1) is 13.2. The van der Waals surface area contributed by atoms with Gasteiger partial charge in [-0.1, -0.05) is 18.2 Å². The second-order valence-electron chi connectivity index (χ2n) is 7.21. The van der Waals surface area contributed by atoms with Gasteiger partial charge in [0.15, 0.2) is 0 Å². The molecule has 1 amide bonds. The molecule has 1 aliphatic heterocycles. The van der Waals surface area contributed by atoms with Gasteiger partial charge in [-0.25, -0.2) is 0 Å². The van der Waals surface area contributed by atoms with Crippen LogP contribution in [0.1, 0.15) is 21.5 Å². The van der Waals surface area contributed by atoms with E-state index in [0.29, 0.717) is 30.9 Å². The standard InChI is InChI=1S/C21H24F3N3O/c1-25(2)20(28)17-6-3-5-16(13-17)15-26-9-11-27(12-10-26)19-8-4-7-18(14-19)21(22,23)24/h3-8,13-14H,9-12,15H2,1-2H3. The molecule has 28 heavy (non-hydrogen) atoms. The SMILES string of the molecule is CN(C)C(=O)c1cccc(CN2CCN(c3cccc(C(F)(F)F)c3)CC2)c1. The maximum Gasteiger partial charge on any atom is 0.416 e. The van der Waals surface area contributed by atoms with E-state index < -0.39 is 11.7 Å². The lowest BCUT2D eigenvalue weighted by molar-refractivity contribution is -0.137. The van der Waals surface area contributed by atoms with Crippen LogP contribution >= 0.6 is 0 Å². The topological polar surface area (TPSA) is 26.8 Å². The summed E-state index contributed by atoms with van der Waals surface area (Å²) in [4.78, 5) is 17.9. The van der Waals surface area contributed by atoms with E-state index >= 15 is 0 Å². The van der Waals surface area contributed by atoms with Crippen LogP contribution in [0.3, 0.4) is 0 Å². The van der Waals surface area contributed by atoms with Gasteiger partial charge in [-0.2, -0.15) is 13.2 Å². The molecule has 0 unspecified atom stereocenters. The lowest BCUT2D eigenvalue weighted by Gasteiger charge is -2.36. The highest BCUT2D eigenvalue weighted by molar-refractivity contribution is 5.94. The van der Waals surface area contributed by atoms with Gasteiger partial charge in [0, 0.05) is 58.1 Å². The number of rotatable bonds is 4. The lowest BCUT2D eigenvalue weighted by atomic mass is 10.1. The molecule has 1 saturated heterocycles. The van der Waals surface area contributed by atoms with Crippen LogP contribution in [0.15, 0.2) is 48.5 Å². The first kappa shape index (κ1) is 20.2. The monoisotopic (exact) mass is 391 g/mol. The number of carbonyl (C=O) groups is 1. The van der Waals surface area contributed by atoms with Gasteiger partial charge in [-0.05, 0) is 35.9 Å². The van der Waals surface area contributed by atoms with Gasteiger partial charge in [-0.15, -0.1) is 0 Å². The molecule has 0 atom stereocenters. The Bertz CT molecular complexity index is 828. The molecular weight excluding hydrogens is 367 g/mol. The van der Waals surface area contributed by atoms with Crippen LogP contribution in [0.4, 0.5) is 18.9 Å². The Morgan fingerprint density at radius 3 is 2.32 bits per heavy atom. The Kier molecular flexibility index (Phi) is 5.93. The van der Waals surface area contributed by atoms with Crippen molar-refractivity contribution in [2.75, 3.05) is 45.2 Å². The number of carbonyl (C=O) groups excluding carboxylic acids is 1. The summed E-state index contributed by atoms with van der Waals surface area (Å²) < 4.78 is 38.8. The number of anilines is 1. The molecule has 0 radical (unpaired) electrons. The minimum absolute atomic E-state index is 0.0313. The molecule has 0 N–H and O–H groups in total. The third kappa shape index (κ3) is 4.84. The van der Waals surface area contributed by atoms with Gasteiger partial charge in [0.2, 0.25) is 0 Å². The van der Waals surface area contributed by atoms with E-state index in [9.17, 15) is 18.0 Å². The molecule has 2 aromatic rings. The van der Waals surface area contributed by atoms with E-state index in [-0.39, 0.29) is 5.91 Å². The zero-order valence-electron chi connectivity index (χ0n) is 16.0. The maximum absolute atomic E-state index is 12.9. The molecule has 2 aromatic carbocycles. The summed E-state index contributed by atoms with van der Waals surface area (Å²) in [7, 11) is 3.45. The van der Waals surface area contributed by atoms with Crippen LogP contribution in [0, 0.1) is 0 Å². The zero-order valence-corrected chi connectivity index (χ0v) is 16.0. The fourth-order valence-electron chi connectivity index (χ4n) is 3.36. The van der Waals surface area contributed by atoms with E-state index in [0.717, 1.165) is 24.7 Å². The summed E-state index contributed by atoms with van der Waals surface area (Å²) in [5.41, 5.74) is 1.70. The second-order valence-corrected chi connectivity index (χ2v) is 7.21. The Balaban J connectivity index is 1.61. The molecule has 7 heteroatoms. The summed E-state index contributed by atoms with van der Waals surface area (Å²) in [5, 5.41) is 0. The first-order valence-corrected chi connectivity index (χ1v) is 9.19. The van der Waals surface area contributed by atoms with Crippen molar-refractivity contribution >= 4 is 11.6 Å².